The third-order valence-corrected chi connectivity index (χ3v) is 4.13. The fourth-order valence-electron chi connectivity index (χ4n) is 3.07. The molecular weight excluding hydrogens is 236 g/mol. The van der Waals surface area contributed by atoms with Gasteiger partial charge in [-0.05, 0) is 44.7 Å². The Morgan fingerprint density at radius 1 is 1.21 bits per heavy atom. The zero-order chi connectivity index (χ0) is 13.7. The molecule has 2 rings (SSSR count). The Labute approximate surface area is 116 Å². The number of rotatable bonds is 4. The van der Waals surface area contributed by atoms with E-state index in [-0.39, 0.29) is 6.10 Å². The first-order valence-corrected chi connectivity index (χ1v) is 7.63. The molecule has 0 radical (unpaired) electrons. The average Bonchev–Trinajstić information content (AvgIpc) is 2.69. The van der Waals surface area contributed by atoms with Crippen LogP contribution in [0.1, 0.15) is 62.7 Å². The highest BCUT2D eigenvalue weighted by atomic mass is 16.5. The van der Waals surface area contributed by atoms with Crippen molar-refractivity contribution in [3.63, 3.8) is 0 Å². The minimum atomic E-state index is -0.375. The van der Waals surface area contributed by atoms with Crippen molar-refractivity contribution in [3.8, 4) is 5.75 Å². The summed E-state index contributed by atoms with van der Waals surface area (Å²) in [5, 5.41) is 10.7. The largest absolute Gasteiger partial charge is 0.493 e. The molecule has 0 aromatic heterocycles. The van der Waals surface area contributed by atoms with Gasteiger partial charge in [0.05, 0.1) is 12.7 Å². The molecule has 1 fully saturated rings. The maximum Gasteiger partial charge on any atom is 0.125 e. The molecule has 0 amide bonds. The average molecular weight is 262 g/mol. The van der Waals surface area contributed by atoms with Gasteiger partial charge in [-0.15, -0.1) is 0 Å². The molecule has 1 saturated carbocycles. The molecule has 2 nitrogen and oxygen atoms in total. The van der Waals surface area contributed by atoms with Crippen molar-refractivity contribution < 1.29 is 9.84 Å². The lowest BCUT2D eigenvalue weighted by Gasteiger charge is -2.24. The highest BCUT2D eigenvalue weighted by Gasteiger charge is 2.24. The molecule has 0 bridgehead atoms. The summed E-state index contributed by atoms with van der Waals surface area (Å²) >= 11 is 0. The van der Waals surface area contributed by atoms with Crippen LogP contribution in [0.3, 0.4) is 0 Å². The third kappa shape index (κ3) is 3.73. The van der Waals surface area contributed by atoms with Crippen molar-refractivity contribution >= 4 is 0 Å². The molecule has 1 aliphatic rings. The minimum Gasteiger partial charge on any atom is -0.493 e. The van der Waals surface area contributed by atoms with Gasteiger partial charge in [0.2, 0.25) is 0 Å². The van der Waals surface area contributed by atoms with E-state index in [1.54, 1.807) is 0 Å². The number of hydrogen-bond acceptors (Lipinski definition) is 2. The standard InChI is InChI=1S/C17H26O2/c1-3-19-16-11-10-13(2)12-15(16)17(18)14-8-6-4-5-7-9-14/h10-12,14,17-18H,3-9H2,1-2H3. The Hall–Kier alpha value is -1.02. The summed E-state index contributed by atoms with van der Waals surface area (Å²) in [6.45, 7) is 4.70. The monoisotopic (exact) mass is 262 g/mol. The van der Waals surface area contributed by atoms with Crippen LogP contribution in [0, 0.1) is 12.8 Å². The van der Waals surface area contributed by atoms with E-state index in [1.807, 2.05) is 19.1 Å². The third-order valence-electron chi connectivity index (χ3n) is 4.13. The van der Waals surface area contributed by atoms with E-state index in [1.165, 1.54) is 31.2 Å². The van der Waals surface area contributed by atoms with Crippen LogP contribution in [0.2, 0.25) is 0 Å². The van der Waals surface area contributed by atoms with Gasteiger partial charge < -0.3 is 9.84 Å². The van der Waals surface area contributed by atoms with Crippen LogP contribution >= 0.6 is 0 Å². The molecule has 19 heavy (non-hydrogen) atoms. The van der Waals surface area contributed by atoms with Gasteiger partial charge in [0, 0.05) is 5.56 Å². The summed E-state index contributed by atoms with van der Waals surface area (Å²) in [7, 11) is 0. The molecule has 1 unspecified atom stereocenters. The Bertz CT molecular complexity index is 392. The number of hydrogen-bond donors (Lipinski definition) is 1. The van der Waals surface area contributed by atoms with Gasteiger partial charge in [0.1, 0.15) is 5.75 Å². The van der Waals surface area contributed by atoms with Gasteiger partial charge in [0.15, 0.2) is 0 Å². The number of ether oxygens (including phenoxy) is 1. The van der Waals surface area contributed by atoms with Gasteiger partial charge in [-0.2, -0.15) is 0 Å². The predicted molar refractivity (Wildman–Crippen MR) is 78.5 cm³/mol. The first-order chi connectivity index (χ1) is 9.22. The van der Waals surface area contributed by atoms with E-state index in [2.05, 4.69) is 13.0 Å². The lowest BCUT2D eigenvalue weighted by Crippen LogP contribution is -2.13. The fourth-order valence-corrected chi connectivity index (χ4v) is 3.07. The molecular formula is C17H26O2. The van der Waals surface area contributed by atoms with Gasteiger partial charge >= 0.3 is 0 Å². The van der Waals surface area contributed by atoms with E-state index in [9.17, 15) is 5.11 Å². The van der Waals surface area contributed by atoms with Crippen molar-refractivity contribution in [2.75, 3.05) is 6.61 Å². The molecule has 106 valence electrons. The van der Waals surface area contributed by atoms with Gasteiger partial charge in [0.25, 0.3) is 0 Å². The first kappa shape index (κ1) is 14.4. The normalized spacial score (nSPS) is 18.9. The van der Waals surface area contributed by atoms with E-state index >= 15 is 0 Å². The van der Waals surface area contributed by atoms with Crippen molar-refractivity contribution in [2.45, 2.75) is 58.5 Å². The molecule has 0 spiro atoms. The Kier molecular flexibility index (Phi) is 5.26. The van der Waals surface area contributed by atoms with Gasteiger partial charge in [-0.25, -0.2) is 0 Å². The quantitative estimate of drug-likeness (QED) is 0.815. The van der Waals surface area contributed by atoms with Crippen LogP contribution in [-0.4, -0.2) is 11.7 Å². The van der Waals surface area contributed by atoms with E-state index in [0.717, 1.165) is 24.2 Å². The first-order valence-electron chi connectivity index (χ1n) is 7.63. The van der Waals surface area contributed by atoms with Crippen LogP contribution in [0.15, 0.2) is 18.2 Å². The van der Waals surface area contributed by atoms with Crippen molar-refractivity contribution in [1.82, 2.24) is 0 Å². The van der Waals surface area contributed by atoms with E-state index in [4.69, 9.17) is 4.74 Å². The van der Waals surface area contributed by atoms with Crippen molar-refractivity contribution in [3.05, 3.63) is 29.3 Å². The van der Waals surface area contributed by atoms with Gasteiger partial charge in [-0.3, -0.25) is 0 Å². The highest BCUT2D eigenvalue weighted by Crippen LogP contribution is 2.37. The summed E-state index contributed by atoms with van der Waals surface area (Å²) in [6, 6.07) is 6.13. The molecule has 0 aliphatic heterocycles. The lowest BCUT2D eigenvalue weighted by atomic mass is 9.88. The van der Waals surface area contributed by atoms with Crippen LogP contribution in [0.5, 0.6) is 5.75 Å². The van der Waals surface area contributed by atoms with Crippen molar-refractivity contribution in [2.24, 2.45) is 5.92 Å². The Morgan fingerprint density at radius 2 is 1.89 bits per heavy atom. The van der Waals surface area contributed by atoms with Crippen LogP contribution in [0.4, 0.5) is 0 Å². The second-order valence-corrected chi connectivity index (χ2v) is 5.67. The fraction of sp³-hybridized carbons (Fsp3) is 0.647. The zero-order valence-electron chi connectivity index (χ0n) is 12.2. The topological polar surface area (TPSA) is 29.5 Å². The summed E-state index contributed by atoms with van der Waals surface area (Å²) in [5.41, 5.74) is 2.17. The second-order valence-electron chi connectivity index (χ2n) is 5.67. The Balaban J connectivity index is 2.20. The molecule has 1 atom stereocenters. The molecule has 1 aliphatic carbocycles. The van der Waals surface area contributed by atoms with Crippen LogP contribution in [0.25, 0.3) is 0 Å². The van der Waals surface area contributed by atoms with Gasteiger partial charge in [-0.1, -0.05) is 37.3 Å². The SMILES string of the molecule is CCOc1ccc(C)cc1C(O)C1CCCCCC1. The molecule has 0 heterocycles. The van der Waals surface area contributed by atoms with Crippen molar-refractivity contribution in [1.29, 1.82) is 0 Å². The Morgan fingerprint density at radius 3 is 2.53 bits per heavy atom. The predicted octanol–water partition coefficient (Wildman–Crippen LogP) is 4.40. The summed E-state index contributed by atoms with van der Waals surface area (Å²) < 4.78 is 5.68. The van der Waals surface area contributed by atoms with E-state index in [0.29, 0.717) is 12.5 Å². The smallest absolute Gasteiger partial charge is 0.125 e. The van der Waals surface area contributed by atoms with E-state index < -0.39 is 0 Å². The molecule has 1 N–H and O–H groups in total. The second kappa shape index (κ2) is 6.95. The summed E-state index contributed by atoms with van der Waals surface area (Å²) in [5.74, 6) is 1.24. The minimum absolute atomic E-state index is 0.375. The number of benzene rings is 1. The van der Waals surface area contributed by atoms with Crippen LogP contribution in [-0.2, 0) is 0 Å². The molecule has 0 saturated heterocycles. The maximum atomic E-state index is 10.7. The van der Waals surface area contributed by atoms with Crippen LogP contribution < -0.4 is 4.74 Å². The maximum absolute atomic E-state index is 10.7. The lowest BCUT2D eigenvalue weighted by molar-refractivity contribution is 0.0953. The summed E-state index contributed by atoms with van der Waals surface area (Å²) in [4.78, 5) is 0. The number of aliphatic hydroxyl groups is 1. The highest BCUT2D eigenvalue weighted by molar-refractivity contribution is 5.38. The zero-order valence-corrected chi connectivity index (χ0v) is 12.2. The molecule has 2 heteroatoms. The molecule has 1 aromatic rings. The summed E-state index contributed by atoms with van der Waals surface area (Å²) in [6.07, 6.45) is 7.03. The number of aryl methyl sites for hydroxylation is 1. The number of aliphatic hydroxyl groups excluding tert-OH is 1. The molecule has 1 aromatic carbocycles.